The molecule has 0 spiro atoms. The Morgan fingerprint density at radius 2 is 2.00 bits per heavy atom. The normalized spacial score (nSPS) is 16.0. The van der Waals surface area contributed by atoms with Crippen LogP contribution in [0.4, 0.5) is 4.39 Å². The zero-order chi connectivity index (χ0) is 15.4. The lowest BCUT2D eigenvalue weighted by atomic mass is 9.92. The predicted molar refractivity (Wildman–Crippen MR) is 79.6 cm³/mol. The van der Waals surface area contributed by atoms with Crippen LogP contribution < -0.4 is 0 Å². The van der Waals surface area contributed by atoms with Crippen LogP contribution in [0.3, 0.4) is 0 Å². The fraction of sp³-hybridized carbons (Fsp3) is 0.467. The minimum absolute atomic E-state index is 0.0854. The molecule has 0 bridgehead atoms. The van der Waals surface area contributed by atoms with Gasteiger partial charge in [0.1, 0.15) is 5.82 Å². The van der Waals surface area contributed by atoms with Gasteiger partial charge in [0.25, 0.3) is 5.91 Å². The van der Waals surface area contributed by atoms with Crippen molar-refractivity contribution in [2.24, 2.45) is 5.92 Å². The summed E-state index contributed by atoms with van der Waals surface area (Å²) < 4.78 is 14.4. The average molecular weight is 358 g/mol. The number of nitrogens with zero attached hydrogens (tertiary/aromatic N) is 1. The number of carbonyl (C=O) groups excluding carboxylic acids is 1. The maximum absolute atomic E-state index is 13.8. The molecule has 2 rings (SSSR count). The van der Waals surface area contributed by atoms with Crippen molar-refractivity contribution in [3.8, 4) is 0 Å². The highest BCUT2D eigenvalue weighted by Gasteiger charge is 2.25. The second kappa shape index (κ2) is 7.02. The second-order valence-corrected chi connectivity index (χ2v) is 6.21. The SMILES string of the molecule is O=C(O)CCC1CCN(C(=O)c2ccc(Br)cc2F)CC1. The molecule has 1 saturated heterocycles. The van der Waals surface area contributed by atoms with Gasteiger partial charge in [0, 0.05) is 24.0 Å². The molecule has 0 aromatic heterocycles. The molecule has 0 unspecified atom stereocenters. The number of carbonyl (C=O) groups is 2. The molecule has 114 valence electrons. The Hall–Kier alpha value is -1.43. The molecule has 1 aromatic rings. The van der Waals surface area contributed by atoms with E-state index in [0.29, 0.717) is 29.9 Å². The largest absolute Gasteiger partial charge is 0.481 e. The number of piperidine rings is 1. The van der Waals surface area contributed by atoms with E-state index in [-0.39, 0.29) is 17.9 Å². The molecular weight excluding hydrogens is 341 g/mol. The summed E-state index contributed by atoms with van der Waals surface area (Å²) in [6.07, 6.45) is 2.36. The van der Waals surface area contributed by atoms with Gasteiger partial charge in [0.15, 0.2) is 0 Å². The van der Waals surface area contributed by atoms with E-state index in [1.165, 1.54) is 12.1 Å². The third-order valence-corrected chi connectivity index (χ3v) is 4.32. The van der Waals surface area contributed by atoms with Crippen LogP contribution in [0, 0.1) is 11.7 Å². The van der Waals surface area contributed by atoms with Crippen molar-refractivity contribution < 1.29 is 19.1 Å². The number of benzene rings is 1. The van der Waals surface area contributed by atoms with Crippen molar-refractivity contribution in [1.82, 2.24) is 4.90 Å². The van der Waals surface area contributed by atoms with Crippen LogP contribution in [0.5, 0.6) is 0 Å². The van der Waals surface area contributed by atoms with E-state index >= 15 is 0 Å². The average Bonchev–Trinajstić information content (AvgIpc) is 2.45. The summed E-state index contributed by atoms with van der Waals surface area (Å²) in [5, 5.41) is 8.68. The predicted octanol–water partition coefficient (Wildman–Crippen LogP) is 3.31. The second-order valence-electron chi connectivity index (χ2n) is 5.29. The molecule has 1 aromatic carbocycles. The molecule has 0 atom stereocenters. The number of carboxylic acids is 1. The fourth-order valence-corrected chi connectivity index (χ4v) is 2.92. The van der Waals surface area contributed by atoms with Crippen molar-refractivity contribution in [1.29, 1.82) is 0 Å². The molecule has 0 saturated carbocycles. The molecule has 1 aliphatic heterocycles. The maximum atomic E-state index is 13.8. The molecule has 1 fully saturated rings. The Bertz CT molecular complexity index is 542. The van der Waals surface area contributed by atoms with Gasteiger partial charge in [-0.15, -0.1) is 0 Å². The van der Waals surface area contributed by atoms with E-state index in [2.05, 4.69) is 15.9 Å². The monoisotopic (exact) mass is 357 g/mol. The third kappa shape index (κ3) is 4.27. The summed E-state index contributed by atoms with van der Waals surface area (Å²) in [6, 6.07) is 4.42. The smallest absolute Gasteiger partial charge is 0.303 e. The van der Waals surface area contributed by atoms with Crippen LogP contribution >= 0.6 is 15.9 Å². The van der Waals surface area contributed by atoms with Crippen molar-refractivity contribution >= 4 is 27.8 Å². The minimum atomic E-state index is -0.787. The fourth-order valence-electron chi connectivity index (χ4n) is 2.59. The molecule has 1 aliphatic rings. The quantitative estimate of drug-likeness (QED) is 0.899. The summed E-state index contributed by atoms with van der Waals surface area (Å²) in [5.41, 5.74) is 0.0854. The van der Waals surface area contributed by atoms with Crippen molar-refractivity contribution in [2.75, 3.05) is 13.1 Å². The highest BCUT2D eigenvalue weighted by Crippen LogP contribution is 2.24. The van der Waals surface area contributed by atoms with Gasteiger partial charge < -0.3 is 10.0 Å². The van der Waals surface area contributed by atoms with Gasteiger partial charge in [-0.1, -0.05) is 15.9 Å². The Morgan fingerprint density at radius 1 is 1.33 bits per heavy atom. The third-order valence-electron chi connectivity index (χ3n) is 3.83. The first-order chi connectivity index (χ1) is 9.97. The lowest BCUT2D eigenvalue weighted by Gasteiger charge is -2.32. The van der Waals surface area contributed by atoms with Crippen molar-refractivity contribution in [2.45, 2.75) is 25.7 Å². The Morgan fingerprint density at radius 3 is 2.57 bits per heavy atom. The van der Waals surface area contributed by atoms with Gasteiger partial charge in [0.2, 0.25) is 0 Å². The van der Waals surface area contributed by atoms with E-state index in [4.69, 9.17) is 5.11 Å². The van der Waals surface area contributed by atoms with Gasteiger partial charge in [0.05, 0.1) is 5.56 Å². The number of rotatable bonds is 4. The van der Waals surface area contributed by atoms with Crippen LogP contribution in [-0.2, 0) is 4.79 Å². The topological polar surface area (TPSA) is 57.6 Å². The van der Waals surface area contributed by atoms with E-state index in [9.17, 15) is 14.0 Å². The van der Waals surface area contributed by atoms with Gasteiger partial charge in [-0.25, -0.2) is 4.39 Å². The zero-order valence-corrected chi connectivity index (χ0v) is 13.1. The summed E-state index contributed by atoms with van der Waals surface area (Å²) >= 11 is 3.17. The van der Waals surface area contributed by atoms with Crippen LogP contribution in [0.15, 0.2) is 22.7 Å². The molecule has 0 aliphatic carbocycles. The standard InChI is InChI=1S/C15H17BrFNO3/c16-11-2-3-12(13(17)9-11)15(21)18-7-5-10(6-8-18)1-4-14(19)20/h2-3,9-10H,1,4-8H2,(H,19,20). The molecule has 4 nitrogen and oxygen atoms in total. The van der Waals surface area contributed by atoms with Gasteiger partial charge in [-0.05, 0) is 43.4 Å². The van der Waals surface area contributed by atoms with E-state index in [1.807, 2.05) is 0 Å². The van der Waals surface area contributed by atoms with Crippen molar-refractivity contribution in [3.63, 3.8) is 0 Å². The summed E-state index contributed by atoms with van der Waals surface area (Å²) in [4.78, 5) is 24.5. The highest BCUT2D eigenvalue weighted by molar-refractivity contribution is 9.10. The van der Waals surface area contributed by atoms with Gasteiger partial charge >= 0.3 is 5.97 Å². The van der Waals surface area contributed by atoms with Crippen molar-refractivity contribution in [3.05, 3.63) is 34.1 Å². The molecule has 0 radical (unpaired) electrons. The first-order valence-corrected chi connectivity index (χ1v) is 7.73. The molecule has 21 heavy (non-hydrogen) atoms. The summed E-state index contributed by atoms with van der Waals surface area (Å²) in [6.45, 7) is 1.11. The maximum Gasteiger partial charge on any atom is 0.303 e. The van der Waals surface area contributed by atoms with Gasteiger partial charge in [-0.2, -0.15) is 0 Å². The summed E-state index contributed by atoms with van der Waals surface area (Å²) in [5.74, 6) is -1.27. The molecule has 1 heterocycles. The number of amides is 1. The number of hydrogen-bond acceptors (Lipinski definition) is 2. The molecule has 1 amide bonds. The van der Waals surface area contributed by atoms with E-state index in [0.717, 1.165) is 12.8 Å². The number of hydrogen-bond donors (Lipinski definition) is 1. The number of likely N-dealkylation sites (tertiary alicyclic amines) is 1. The lowest BCUT2D eigenvalue weighted by molar-refractivity contribution is -0.137. The number of aliphatic carboxylic acids is 1. The number of halogens is 2. The zero-order valence-electron chi connectivity index (χ0n) is 11.5. The van der Waals surface area contributed by atoms with Crippen LogP contribution in [0.1, 0.15) is 36.0 Å². The number of carboxylic acid groups (broad SMARTS) is 1. The van der Waals surface area contributed by atoms with Gasteiger partial charge in [-0.3, -0.25) is 9.59 Å². The lowest BCUT2D eigenvalue weighted by Crippen LogP contribution is -2.38. The van der Waals surface area contributed by atoms with Crippen LogP contribution in [0.25, 0.3) is 0 Å². The first kappa shape index (κ1) is 15.9. The highest BCUT2D eigenvalue weighted by atomic mass is 79.9. The molecule has 6 heteroatoms. The molecular formula is C15H17BrFNO3. The van der Waals surface area contributed by atoms with E-state index < -0.39 is 11.8 Å². The first-order valence-electron chi connectivity index (χ1n) is 6.93. The Balaban J connectivity index is 1.92. The Labute approximate surface area is 131 Å². The Kier molecular flexibility index (Phi) is 5.33. The summed E-state index contributed by atoms with van der Waals surface area (Å²) in [7, 11) is 0. The van der Waals surface area contributed by atoms with E-state index in [1.54, 1.807) is 11.0 Å². The van der Waals surface area contributed by atoms with Crippen LogP contribution in [-0.4, -0.2) is 35.0 Å². The molecule has 1 N–H and O–H groups in total. The van der Waals surface area contributed by atoms with Crippen LogP contribution in [0.2, 0.25) is 0 Å². The minimum Gasteiger partial charge on any atom is -0.481 e.